The zero-order chi connectivity index (χ0) is 16.3. The van der Waals surface area contributed by atoms with Crippen molar-refractivity contribution in [1.29, 1.82) is 0 Å². The van der Waals surface area contributed by atoms with Gasteiger partial charge in [0.15, 0.2) is 5.96 Å². The first-order valence-corrected chi connectivity index (χ1v) is 8.62. The van der Waals surface area contributed by atoms with Crippen molar-refractivity contribution in [2.75, 3.05) is 40.3 Å². The third-order valence-corrected chi connectivity index (χ3v) is 4.25. The molecule has 0 radical (unpaired) electrons. The predicted molar refractivity (Wildman–Crippen MR) is 96.1 cm³/mol. The number of likely N-dealkylation sites (tertiary alicyclic amines) is 1. The molecule has 1 saturated heterocycles. The lowest BCUT2D eigenvalue weighted by molar-refractivity contribution is 0.330. The van der Waals surface area contributed by atoms with E-state index in [1.807, 2.05) is 25.2 Å². The van der Waals surface area contributed by atoms with Crippen LogP contribution in [-0.2, 0) is 6.54 Å². The van der Waals surface area contributed by atoms with Gasteiger partial charge in [0.2, 0.25) is 0 Å². The van der Waals surface area contributed by atoms with Gasteiger partial charge in [0, 0.05) is 25.7 Å². The van der Waals surface area contributed by atoms with Crippen molar-refractivity contribution in [3.63, 3.8) is 0 Å². The van der Waals surface area contributed by atoms with Crippen LogP contribution in [0.3, 0.4) is 0 Å². The fourth-order valence-electron chi connectivity index (χ4n) is 2.92. The van der Waals surface area contributed by atoms with Gasteiger partial charge in [0.25, 0.3) is 0 Å². The predicted octanol–water partition coefficient (Wildman–Crippen LogP) is 2.24. The molecule has 0 atom stereocenters. The van der Waals surface area contributed by atoms with Crippen molar-refractivity contribution < 1.29 is 4.74 Å². The van der Waals surface area contributed by atoms with E-state index in [1.54, 1.807) is 7.11 Å². The molecule has 1 aliphatic heterocycles. The molecule has 5 heteroatoms. The molecule has 2 N–H and O–H groups in total. The summed E-state index contributed by atoms with van der Waals surface area (Å²) in [7, 11) is 3.51. The van der Waals surface area contributed by atoms with Crippen LogP contribution in [0, 0.1) is 0 Å². The molecule has 0 aromatic heterocycles. The van der Waals surface area contributed by atoms with Crippen LogP contribution in [0.4, 0.5) is 0 Å². The Labute approximate surface area is 140 Å². The number of methoxy groups -OCH3 is 1. The molecule has 1 heterocycles. The Balaban J connectivity index is 1.63. The number of guanidine groups is 1. The Morgan fingerprint density at radius 3 is 2.70 bits per heavy atom. The van der Waals surface area contributed by atoms with Gasteiger partial charge in [-0.1, -0.05) is 18.2 Å². The van der Waals surface area contributed by atoms with Crippen molar-refractivity contribution >= 4 is 5.96 Å². The molecule has 1 aromatic rings. The van der Waals surface area contributed by atoms with Gasteiger partial charge >= 0.3 is 0 Å². The third kappa shape index (κ3) is 6.10. The van der Waals surface area contributed by atoms with Gasteiger partial charge in [-0.2, -0.15) is 0 Å². The Bertz CT molecular complexity index is 484. The minimum Gasteiger partial charge on any atom is -0.496 e. The first-order valence-electron chi connectivity index (χ1n) is 8.62. The highest BCUT2D eigenvalue weighted by Crippen LogP contribution is 2.16. The molecule has 0 aliphatic carbocycles. The second-order valence-corrected chi connectivity index (χ2v) is 5.92. The van der Waals surface area contributed by atoms with Crippen LogP contribution in [0.25, 0.3) is 0 Å². The topological polar surface area (TPSA) is 48.9 Å². The summed E-state index contributed by atoms with van der Waals surface area (Å²) in [6, 6.07) is 8.05. The third-order valence-electron chi connectivity index (χ3n) is 4.25. The van der Waals surface area contributed by atoms with Gasteiger partial charge in [-0.3, -0.25) is 4.99 Å². The molecule has 0 unspecified atom stereocenters. The second-order valence-electron chi connectivity index (χ2n) is 5.92. The molecule has 1 aliphatic rings. The molecule has 0 amide bonds. The second kappa shape index (κ2) is 10.1. The van der Waals surface area contributed by atoms with Crippen LogP contribution < -0.4 is 15.4 Å². The average molecular weight is 318 g/mol. The van der Waals surface area contributed by atoms with Crippen LogP contribution in [0.5, 0.6) is 5.75 Å². The first-order chi connectivity index (χ1) is 11.3. The first kappa shape index (κ1) is 17.6. The largest absolute Gasteiger partial charge is 0.496 e. The van der Waals surface area contributed by atoms with E-state index in [9.17, 15) is 0 Å². The van der Waals surface area contributed by atoms with E-state index in [-0.39, 0.29) is 0 Å². The van der Waals surface area contributed by atoms with Crippen LogP contribution in [-0.4, -0.2) is 51.2 Å². The molecule has 5 nitrogen and oxygen atoms in total. The summed E-state index contributed by atoms with van der Waals surface area (Å²) in [6.45, 7) is 5.47. The van der Waals surface area contributed by atoms with Crippen molar-refractivity contribution in [3.05, 3.63) is 29.8 Å². The van der Waals surface area contributed by atoms with Crippen LogP contribution in [0.15, 0.2) is 29.3 Å². The SMILES string of the molecule is CN=C(NCCCCN1CCCC1)NCc1ccccc1OC. The Morgan fingerprint density at radius 2 is 1.96 bits per heavy atom. The summed E-state index contributed by atoms with van der Waals surface area (Å²) in [5.41, 5.74) is 1.13. The molecule has 0 saturated carbocycles. The lowest BCUT2D eigenvalue weighted by atomic mass is 10.2. The summed E-state index contributed by atoms with van der Waals surface area (Å²) in [5, 5.41) is 6.72. The van der Waals surface area contributed by atoms with E-state index in [4.69, 9.17) is 4.74 Å². The molecular weight excluding hydrogens is 288 g/mol. The minimum absolute atomic E-state index is 0.706. The highest BCUT2D eigenvalue weighted by molar-refractivity contribution is 5.79. The fourth-order valence-corrected chi connectivity index (χ4v) is 2.92. The summed E-state index contributed by atoms with van der Waals surface area (Å²) in [6.07, 6.45) is 5.16. The number of nitrogens with zero attached hydrogens (tertiary/aromatic N) is 2. The van der Waals surface area contributed by atoms with Crippen molar-refractivity contribution in [2.24, 2.45) is 4.99 Å². The monoisotopic (exact) mass is 318 g/mol. The highest BCUT2D eigenvalue weighted by Gasteiger charge is 2.10. The fraction of sp³-hybridized carbons (Fsp3) is 0.611. The number of ether oxygens (including phenoxy) is 1. The normalized spacial score (nSPS) is 15.7. The van der Waals surface area contributed by atoms with Crippen LogP contribution in [0.1, 0.15) is 31.2 Å². The minimum atomic E-state index is 0.706. The molecule has 0 bridgehead atoms. The molecule has 1 aromatic carbocycles. The van der Waals surface area contributed by atoms with Gasteiger partial charge in [-0.05, 0) is 51.4 Å². The number of nitrogens with one attached hydrogen (secondary N) is 2. The van der Waals surface area contributed by atoms with E-state index in [1.165, 1.54) is 45.3 Å². The molecule has 0 spiro atoms. The van der Waals surface area contributed by atoms with E-state index < -0.39 is 0 Å². The standard InChI is InChI=1S/C18H30N4O/c1-19-18(20-11-5-6-12-22-13-7-8-14-22)21-15-16-9-3-4-10-17(16)23-2/h3-4,9-10H,5-8,11-15H2,1-2H3,(H2,19,20,21). The Morgan fingerprint density at radius 1 is 1.17 bits per heavy atom. The lowest BCUT2D eigenvalue weighted by Crippen LogP contribution is -2.37. The van der Waals surface area contributed by atoms with Gasteiger partial charge in [0.1, 0.15) is 5.75 Å². The molecular formula is C18H30N4O. The number of aliphatic imine (C=N–C) groups is 1. The van der Waals surface area contributed by atoms with E-state index in [0.717, 1.165) is 23.8 Å². The van der Waals surface area contributed by atoms with E-state index >= 15 is 0 Å². The number of rotatable bonds is 8. The van der Waals surface area contributed by atoms with Crippen molar-refractivity contribution in [3.8, 4) is 5.75 Å². The maximum Gasteiger partial charge on any atom is 0.191 e. The molecule has 2 rings (SSSR count). The van der Waals surface area contributed by atoms with Gasteiger partial charge in [-0.25, -0.2) is 0 Å². The highest BCUT2D eigenvalue weighted by atomic mass is 16.5. The van der Waals surface area contributed by atoms with Crippen molar-refractivity contribution in [1.82, 2.24) is 15.5 Å². The summed E-state index contributed by atoms with van der Waals surface area (Å²) >= 11 is 0. The van der Waals surface area contributed by atoms with E-state index in [0.29, 0.717) is 6.54 Å². The van der Waals surface area contributed by atoms with E-state index in [2.05, 4.69) is 26.6 Å². The van der Waals surface area contributed by atoms with Crippen LogP contribution >= 0.6 is 0 Å². The lowest BCUT2D eigenvalue weighted by Gasteiger charge is -2.15. The van der Waals surface area contributed by atoms with Crippen LogP contribution in [0.2, 0.25) is 0 Å². The maximum absolute atomic E-state index is 5.37. The maximum atomic E-state index is 5.37. The average Bonchev–Trinajstić information content (AvgIpc) is 3.11. The van der Waals surface area contributed by atoms with Gasteiger partial charge in [-0.15, -0.1) is 0 Å². The van der Waals surface area contributed by atoms with Gasteiger partial charge < -0.3 is 20.3 Å². The van der Waals surface area contributed by atoms with Crippen molar-refractivity contribution in [2.45, 2.75) is 32.2 Å². The molecule has 128 valence electrons. The van der Waals surface area contributed by atoms with Gasteiger partial charge in [0.05, 0.1) is 7.11 Å². The summed E-state index contributed by atoms with van der Waals surface area (Å²) < 4.78 is 5.37. The number of para-hydroxylation sites is 1. The smallest absolute Gasteiger partial charge is 0.191 e. The summed E-state index contributed by atoms with van der Waals surface area (Å²) in [5.74, 6) is 1.75. The summed E-state index contributed by atoms with van der Waals surface area (Å²) in [4.78, 5) is 6.84. The number of hydrogen-bond donors (Lipinski definition) is 2. The quantitative estimate of drug-likeness (QED) is 0.438. The number of hydrogen-bond acceptors (Lipinski definition) is 3. The molecule has 1 fully saturated rings. The Kier molecular flexibility index (Phi) is 7.73. The number of unbranched alkanes of at least 4 members (excludes halogenated alkanes) is 1. The zero-order valence-electron chi connectivity index (χ0n) is 14.5. The zero-order valence-corrected chi connectivity index (χ0v) is 14.5. The Hall–Kier alpha value is -1.75. The number of benzene rings is 1. The molecule has 23 heavy (non-hydrogen) atoms.